The van der Waals surface area contributed by atoms with Crippen molar-refractivity contribution >= 4 is 21.8 Å². The van der Waals surface area contributed by atoms with Crippen molar-refractivity contribution in [2.45, 2.75) is 0 Å². The molecule has 4 aromatic rings. The van der Waals surface area contributed by atoms with Gasteiger partial charge in [0.1, 0.15) is 11.0 Å². The van der Waals surface area contributed by atoms with Crippen molar-refractivity contribution in [2.24, 2.45) is 0 Å². The zero-order valence-corrected chi connectivity index (χ0v) is 13.3. The molecule has 130 valence electrons. The van der Waals surface area contributed by atoms with Crippen LogP contribution in [-0.2, 0) is 0 Å². The molecule has 2 aromatic carbocycles. The Balaban J connectivity index is 1.45. The highest BCUT2D eigenvalue weighted by Gasteiger charge is 2.07. The highest BCUT2D eigenvalue weighted by molar-refractivity contribution is 5.76. The van der Waals surface area contributed by atoms with E-state index in [4.69, 9.17) is 9.68 Å². The first-order valence-electron chi connectivity index (χ1n) is 7.70. The maximum absolute atomic E-state index is 12.2. The molecule has 26 heavy (non-hydrogen) atoms. The second-order valence-corrected chi connectivity index (χ2v) is 5.24. The Morgan fingerprint density at radius 1 is 0.692 bits per heavy atom. The molecule has 0 saturated carbocycles. The molecule has 0 atom stereocenters. The van der Waals surface area contributed by atoms with E-state index in [1.807, 2.05) is 0 Å². The quantitative estimate of drug-likeness (QED) is 0.440. The van der Waals surface area contributed by atoms with Crippen LogP contribution in [0.4, 0.5) is 0 Å². The molecule has 2 aromatic heterocycles. The maximum atomic E-state index is 12.2. The zero-order chi connectivity index (χ0) is 17.9. The van der Waals surface area contributed by atoms with Crippen molar-refractivity contribution in [3.05, 3.63) is 69.2 Å². The van der Waals surface area contributed by atoms with Crippen molar-refractivity contribution in [1.82, 2.24) is 30.3 Å². The molecule has 0 radical (unpaired) electrons. The van der Waals surface area contributed by atoms with Gasteiger partial charge in [0.25, 0.3) is 0 Å². The first kappa shape index (κ1) is 15.7. The van der Waals surface area contributed by atoms with Crippen molar-refractivity contribution in [3.63, 3.8) is 0 Å². The predicted octanol–water partition coefficient (Wildman–Crippen LogP) is -0.546. The summed E-state index contributed by atoms with van der Waals surface area (Å²) in [4.78, 5) is 36.4. The van der Waals surface area contributed by atoms with E-state index in [9.17, 15) is 9.59 Å². The van der Waals surface area contributed by atoms with E-state index in [2.05, 4.69) is 20.6 Å². The Kier molecular flexibility index (Phi) is 3.98. The summed E-state index contributed by atoms with van der Waals surface area (Å²) in [6.07, 6.45) is 0. The lowest BCUT2D eigenvalue weighted by molar-refractivity contribution is -0.00535. The fraction of sp³-hybridized carbons (Fsp3) is 0.125. The molecule has 4 rings (SSSR count). The summed E-state index contributed by atoms with van der Waals surface area (Å²) in [6, 6.07) is 13.6. The van der Waals surface area contributed by atoms with E-state index in [-0.39, 0.29) is 13.2 Å². The Hall–Kier alpha value is -3.82. The SMILES string of the molecule is O=c1c2ccccc2nnn1OCCOn1nnc2ccccc2c1=O. The molecule has 0 bridgehead atoms. The molecule has 10 heteroatoms. The van der Waals surface area contributed by atoms with E-state index in [0.29, 0.717) is 21.8 Å². The lowest BCUT2D eigenvalue weighted by Crippen LogP contribution is -2.36. The first-order chi connectivity index (χ1) is 12.7. The van der Waals surface area contributed by atoms with E-state index >= 15 is 0 Å². The van der Waals surface area contributed by atoms with Gasteiger partial charge in [0, 0.05) is 0 Å². The maximum Gasteiger partial charge on any atom is 0.314 e. The minimum absolute atomic E-state index is 0.0477. The summed E-state index contributed by atoms with van der Waals surface area (Å²) >= 11 is 0. The van der Waals surface area contributed by atoms with Crippen LogP contribution in [0.2, 0.25) is 0 Å². The number of rotatable bonds is 5. The average Bonchev–Trinajstić information content (AvgIpc) is 2.68. The third-order valence-corrected chi connectivity index (χ3v) is 3.59. The second kappa shape index (κ2) is 6.59. The van der Waals surface area contributed by atoms with E-state index in [1.165, 1.54) is 0 Å². The molecule has 0 N–H and O–H groups in total. The van der Waals surface area contributed by atoms with Crippen LogP contribution in [0.25, 0.3) is 21.8 Å². The lowest BCUT2D eigenvalue weighted by atomic mass is 10.2. The van der Waals surface area contributed by atoms with Crippen LogP contribution < -0.4 is 20.8 Å². The Bertz CT molecular complexity index is 1110. The third kappa shape index (κ3) is 2.83. The molecule has 0 amide bonds. The Morgan fingerprint density at radius 3 is 1.58 bits per heavy atom. The van der Waals surface area contributed by atoms with Crippen molar-refractivity contribution < 1.29 is 9.68 Å². The molecule has 0 spiro atoms. The van der Waals surface area contributed by atoms with Crippen LogP contribution in [0.15, 0.2) is 58.1 Å². The van der Waals surface area contributed by atoms with Gasteiger partial charge < -0.3 is 9.68 Å². The van der Waals surface area contributed by atoms with Gasteiger partial charge in [-0.15, -0.1) is 10.2 Å². The van der Waals surface area contributed by atoms with Gasteiger partial charge in [0.05, 0.1) is 10.8 Å². The smallest absolute Gasteiger partial charge is 0.314 e. The summed E-state index contributed by atoms with van der Waals surface area (Å²) in [5, 5.41) is 16.0. The molecular formula is C16H12N6O4. The molecule has 2 heterocycles. The number of fused-ring (bicyclic) bond motifs is 2. The van der Waals surface area contributed by atoms with Gasteiger partial charge in [0.15, 0.2) is 13.2 Å². The van der Waals surface area contributed by atoms with Crippen LogP contribution >= 0.6 is 0 Å². The van der Waals surface area contributed by atoms with Crippen LogP contribution in [-0.4, -0.2) is 43.5 Å². The lowest BCUT2D eigenvalue weighted by Gasteiger charge is -2.08. The van der Waals surface area contributed by atoms with Crippen molar-refractivity contribution in [3.8, 4) is 0 Å². The summed E-state index contributed by atoms with van der Waals surface area (Å²) < 4.78 is 0. The summed E-state index contributed by atoms with van der Waals surface area (Å²) in [5.74, 6) is 0. The standard InChI is InChI=1S/C16H12N6O4/c23-15-11-5-1-3-7-13(11)17-19-21(15)25-9-10-26-22-16(24)12-6-2-4-8-14(12)18-20-22/h1-8H,9-10H2. The van der Waals surface area contributed by atoms with Crippen LogP contribution in [0, 0.1) is 0 Å². The molecular weight excluding hydrogens is 340 g/mol. The van der Waals surface area contributed by atoms with Crippen molar-refractivity contribution in [2.75, 3.05) is 13.2 Å². The fourth-order valence-corrected chi connectivity index (χ4v) is 2.36. The van der Waals surface area contributed by atoms with Crippen LogP contribution in [0.1, 0.15) is 0 Å². The number of aromatic nitrogens is 6. The molecule has 10 nitrogen and oxygen atoms in total. The number of nitrogens with zero attached hydrogens (tertiary/aromatic N) is 6. The van der Waals surface area contributed by atoms with Gasteiger partial charge >= 0.3 is 11.1 Å². The Morgan fingerprint density at radius 2 is 1.12 bits per heavy atom. The third-order valence-electron chi connectivity index (χ3n) is 3.59. The minimum atomic E-state index is -0.432. The second-order valence-electron chi connectivity index (χ2n) is 5.24. The molecule has 0 aliphatic heterocycles. The Labute approximate surface area is 145 Å². The first-order valence-corrected chi connectivity index (χ1v) is 7.70. The zero-order valence-electron chi connectivity index (χ0n) is 13.3. The monoisotopic (exact) mass is 352 g/mol. The molecule has 0 aliphatic rings. The largest absolute Gasteiger partial charge is 0.389 e. The van der Waals surface area contributed by atoms with Gasteiger partial charge in [-0.1, -0.05) is 24.3 Å². The predicted molar refractivity (Wildman–Crippen MR) is 90.5 cm³/mol. The number of benzene rings is 2. The molecule has 0 fully saturated rings. The summed E-state index contributed by atoms with van der Waals surface area (Å²) in [5.41, 5.74) is 0.0923. The van der Waals surface area contributed by atoms with Gasteiger partial charge in [-0.25, -0.2) is 0 Å². The van der Waals surface area contributed by atoms with E-state index < -0.39 is 11.1 Å². The van der Waals surface area contributed by atoms with Gasteiger partial charge in [0.2, 0.25) is 0 Å². The van der Waals surface area contributed by atoms with Gasteiger partial charge in [-0.05, 0) is 44.4 Å². The molecule has 0 aliphatic carbocycles. The minimum Gasteiger partial charge on any atom is -0.389 e. The number of hydrogen-bond donors (Lipinski definition) is 0. The molecule has 0 saturated heterocycles. The average molecular weight is 352 g/mol. The highest BCUT2D eigenvalue weighted by Crippen LogP contribution is 2.03. The van der Waals surface area contributed by atoms with Gasteiger partial charge in [-0.3, -0.25) is 9.59 Å². The van der Waals surface area contributed by atoms with Crippen LogP contribution in [0.5, 0.6) is 0 Å². The van der Waals surface area contributed by atoms with E-state index in [0.717, 1.165) is 9.69 Å². The van der Waals surface area contributed by atoms with E-state index in [1.54, 1.807) is 48.5 Å². The topological polar surface area (TPSA) is 114 Å². The summed E-state index contributed by atoms with van der Waals surface area (Å²) in [6.45, 7) is -0.0955. The van der Waals surface area contributed by atoms with Crippen LogP contribution in [0.3, 0.4) is 0 Å². The highest BCUT2D eigenvalue weighted by atomic mass is 16.7. The normalized spacial score (nSPS) is 10.9. The van der Waals surface area contributed by atoms with Gasteiger partial charge in [-0.2, -0.15) is 0 Å². The molecule has 0 unspecified atom stereocenters. The fourth-order valence-electron chi connectivity index (χ4n) is 2.36. The van der Waals surface area contributed by atoms with Crippen molar-refractivity contribution in [1.29, 1.82) is 0 Å². The number of hydrogen-bond acceptors (Lipinski definition) is 8. The summed E-state index contributed by atoms with van der Waals surface area (Å²) in [7, 11) is 0.